The predicted octanol–water partition coefficient (Wildman–Crippen LogP) is 2.46. The van der Waals surface area contributed by atoms with Gasteiger partial charge in [-0.05, 0) is 30.0 Å². The van der Waals surface area contributed by atoms with Crippen LogP contribution in [0.3, 0.4) is 0 Å². The fraction of sp³-hybridized carbons (Fsp3) is 0.231. The second-order valence-corrected chi connectivity index (χ2v) is 5.49. The molecule has 2 aromatic heterocycles. The molecule has 0 aliphatic rings. The fourth-order valence-electron chi connectivity index (χ4n) is 1.63. The Bertz CT molecular complexity index is 523. The average Bonchev–Trinajstić information content (AvgIpc) is 2.89. The lowest BCUT2D eigenvalue weighted by atomic mass is 10.2. The minimum Gasteiger partial charge on any atom is -0.389 e. The number of hydrogen-bond donors (Lipinski definition) is 1. The molecule has 2 heterocycles. The third-order valence-corrected chi connectivity index (χ3v) is 3.87. The zero-order valence-electron chi connectivity index (χ0n) is 10.2. The van der Waals surface area contributed by atoms with Gasteiger partial charge in [-0.15, -0.1) is 11.3 Å². The first-order chi connectivity index (χ1) is 8.66. The summed E-state index contributed by atoms with van der Waals surface area (Å²) < 4.78 is 0. The van der Waals surface area contributed by atoms with Gasteiger partial charge in [-0.3, -0.25) is 0 Å². The first kappa shape index (κ1) is 13.0. The van der Waals surface area contributed by atoms with Gasteiger partial charge in [0.1, 0.15) is 10.8 Å². The Morgan fingerprint density at radius 3 is 3.00 bits per heavy atom. The second kappa shape index (κ2) is 5.93. The van der Waals surface area contributed by atoms with Crippen molar-refractivity contribution in [3.63, 3.8) is 0 Å². The summed E-state index contributed by atoms with van der Waals surface area (Å²) in [6.45, 7) is 0.925. The van der Waals surface area contributed by atoms with E-state index < -0.39 is 0 Å². The van der Waals surface area contributed by atoms with Crippen molar-refractivity contribution >= 4 is 34.4 Å². The lowest BCUT2D eigenvalue weighted by molar-refractivity contribution is 0.869. The quantitative estimate of drug-likeness (QED) is 0.853. The number of hydrogen-bond acceptors (Lipinski definition) is 4. The molecule has 0 unspecified atom stereocenters. The van der Waals surface area contributed by atoms with E-state index in [4.69, 9.17) is 18.0 Å². The highest BCUT2D eigenvalue weighted by atomic mass is 32.1. The van der Waals surface area contributed by atoms with Crippen molar-refractivity contribution in [3.05, 3.63) is 46.3 Å². The normalized spacial score (nSPS) is 10.3. The van der Waals surface area contributed by atoms with E-state index in [1.807, 2.05) is 19.2 Å². The molecule has 5 heteroatoms. The lowest BCUT2D eigenvalue weighted by Crippen LogP contribution is -2.22. The molecule has 0 aliphatic carbocycles. The molecule has 0 atom stereocenters. The van der Waals surface area contributed by atoms with Crippen molar-refractivity contribution in [1.29, 1.82) is 0 Å². The van der Waals surface area contributed by atoms with E-state index in [0.717, 1.165) is 24.3 Å². The molecule has 0 radical (unpaired) electrons. The van der Waals surface area contributed by atoms with Crippen molar-refractivity contribution in [3.8, 4) is 0 Å². The Balaban J connectivity index is 2.02. The number of likely N-dealkylation sites (N-methyl/N-ethyl adjacent to an activating group) is 1. The van der Waals surface area contributed by atoms with E-state index in [0.29, 0.717) is 4.99 Å². The predicted molar refractivity (Wildman–Crippen MR) is 81.4 cm³/mol. The Morgan fingerprint density at radius 1 is 1.50 bits per heavy atom. The first-order valence-corrected chi connectivity index (χ1v) is 6.95. The largest absolute Gasteiger partial charge is 0.389 e. The summed E-state index contributed by atoms with van der Waals surface area (Å²) in [6, 6.07) is 7.98. The Kier molecular flexibility index (Phi) is 4.28. The molecule has 0 aliphatic heterocycles. The van der Waals surface area contributed by atoms with E-state index >= 15 is 0 Å². The SMILES string of the molecule is CN(CCc1cccs1)c1cc(C(N)=S)ccn1. The molecule has 0 fully saturated rings. The van der Waals surface area contributed by atoms with Gasteiger partial charge in [0.25, 0.3) is 0 Å². The average molecular weight is 277 g/mol. The Labute approximate surface area is 116 Å². The van der Waals surface area contributed by atoms with Crippen molar-refractivity contribution in [2.24, 2.45) is 5.73 Å². The fourth-order valence-corrected chi connectivity index (χ4v) is 2.45. The number of thiophene rings is 1. The van der Waals surface area contributed by atoms with Crippen molar-refractivity contribution in [2.45, 2.75) is 6.42 Å². The van der Waals surface area contributed by atoms with Gasteiger partial charge in [-0.1, -0.05) is 18.3 Å². The lowest BCUT2D eigenvalue weighted by Gasteiger charge is -2.18. The highest BCUT2D eigenvalue weighted by Gasteiger charge is 2.05. The molecule has 0 spiro atoms. The van der Waals surface area contributed by atoms with Crippen molar-refractivity contribution < 1.29 is 0 Å². The van der Waals surface area contributed by atoms with Crippen LogP contribution in [-0.4, -0.2) is 23.6 Å². The topological polar surface area (TPSA) is 42.1 Å². The second-order valence-electron chi connectivity index (χ2n) is 4.02. The smallest absolute Gasteiger partial charge is 0.128 e. The van der Waals surface area contributed by atoms with E-state index in [-0.39, 0.29) is 0 Å². The molecule has 2 rings (SSSR count). The van der Waals surface area contributed by atoms with E-state index in [2.05, 4.69) is 27.4 Å². The molecular weight excluding hydrogens is 262 g/mol. The number of thiocarbonyl (C=S) groups is 1. The van der Waals surface area contributed by atoms with Gasteiger partial charge in [-0.25, -0.2) is 4.98 Å². The van der Waals surface area contributed by atoms with E-state index in [1.165, 1.54) is 4.88 Å². The van der Waals surface area contributed by atoms with Gasteiger partial charge in [0.15, 0.2) is 0 Å². The van der Waals surface area contributed by atoms with Crippen LogP contribution < -0.4 is 10.6 Å². The van der Waals surface area contributed by atoms with Gasteiger partial charge in [0, 0.05) is 30.2 Å². The third-order valence-electron chi connectivity index (χ3n) is 2.69. The summed E-state index contributed by atoms with van der Waals surface area (Å²) >= 11 is 6.75. The molecule has 2 N–H and O–H groups in total. The highest BCUT2D eigenvalue weighted by Crippen LogP contribution is 2.14. The van der Waals surface area contributed by atoms with Gasteiger partial charge in [-0.2, -0.15) is 0 Å². The number of anilines is 1. The molecule has 0 saturated heterocycles. The van der Waals surface area contributed by atoms with Gasteiger partial charge >= 0.3 is 0 Å². The molecule has 94 valence electrons. The Morgan fingerprint density at radius 2 is 2.33 bits per heavy atom. The first-order valence-electron chi connectivity index (χ1n) is 5.66. The van der Waals surface area contributed by atoms with Crippen LogP contribution in [0.4, 0.5) is 5.82 Å². The monoisotopic (exact) mass is 277 g/mol. The van der Waals surface area contributed by atoms with Crippen LogP contribution in [0.15, 0.2) is 35.8 Å². The van der Waals surface area contributed by atoms with Gasteiger partial charge < -0.3 is 10.6 Å². The molecular formula is C13H15N3S2. The Hall–Kier alpha value is -1.46. The summed E-state index contributed by atoms with van der Waals surface area (Å²) in [7, 11) is 2.03. The van der Waals surface area contributed by atoms with Gasteiger partial charge in [0.2, 0.25) is 0 Å². The zero-order valence-corrected chi connectivity index (χ0v) is 11.8. The summed E-state index contributed by atoms with van der Waals surface area (Å²) in [6.07, 6.45) is 2.76. The number of nitrogens with two attached hydrogens (primary N) is 1. The standard InChI is InChI=1S/C13H15N3S2/c1-16(7-5-11-3-2-8-18-11)12-9-10(13(14)17)4-6-15-12/h2-4,6,8-9H,5,7H2,1H3,(H2,14,17). The van der Waals surface area contributed by atoms with Crippen LogP contribution in [0.25, 0.3) is 0 Å². The minimum absolute atomic E-state index is 0.408. The number of rotatable bonds is 5. The van der Waals surface area contributed by atoms with E-state index in [9.17, 15) is 0 Å². The molecule has 0 bridgehead atoms. The number of aromatic nitrogens is 1. The summed E-state index contributed by atoms with van der Waals surface area (Å²) in [4.78, 5) is 8.24. The summed E-state index contributed by atoms with van der Waals surface area (Å²) in [5.74, 6) is 0.900. The molecule has 0 amide bonds. The van der Waals surface area contributed by atoms with Crippen LogP contribution in [0.1, 0.15) is 10.4 Å². The van der Waals surface area contributed by atoms with Crippen molar-refractivity contribution in [2.75, 3.05) is 18.5 Å². The summed E-state index contributed by atoms with van der Waals surface area (Å²) in [5.41, 5.74) is 6.48. The summed E-state index contributed by atoms with van der Waals surface area (Å²) in [5, 5.41) is 2.10. The number of nitrogens with zero attached hydrogens (tertiary/aromatic N) is 2. The molecule has 0 aromatic carbocycles. The van der Waals surface area contributed by atoms with E-state index in [1.54, 1.807) is 17.5 Å². The maximum absolute atomic E-state index is 5.62. The molecule has 2 aromatic rings. The van der Waals surface area contributed by atoms with Crippen LogP contribution in [0, 0.1) is 0 Å². The minimum atomic E-state index is 0.408. The van der Waals surface area contributed by atoms with Crippen LogP contribution in [0.5, 0.6) is 0 Å². The molecule has 3 nitrogen and oxygen atoms in total. The maximum Gasteiger partial charge on any atom is 0.128 e. The molecule has 18 heavy (non-hydrogen) atoms. The van der Waals surface area contributed by atoms with Crippen LogP contribution in [0.2, 0.25) is 0 Å². The molecule has 0 saturated carbocycles. The van der Waals surface area contributed by atoms with Crippen LogP contribution in [-0.2, 0) is 6.42 Å². The number of pyridine rings is 1. The highest BCUT2D eigenvalue weighted by molar-refractivity contribution is 7.80. The van der Waals surface area contributed by atoms with Crippen LogP contribution >= 0.6 is 23.6 Å². The van der Waals surface area contributed by atoms with Crippen molar-refractivity contribution in [1.82, 2.24) is 4.98 Å². The van der Waals surface area contributed by atoms with Gasteiger partial charge in [0.05, 0.1) is 0 Å². The zero-order chi connectivity index (χ0) is 13.0. The third kappa shape index (κ3) is 3.27. The maximum atomic E-state index is 5.62.